The molecule has 130 valence electrons. The lowest BCUT2D eigenvalue weighted by Gasteiger charge is -2.26. The van der Waals surface area contributed by atoms with Crippen LogP contribution < -0.4 is 5.32 Å². The Morgan fingerprint density at radius 1 is 1.25 bits per heavy atom. The van der Waals surface area contributed by atoms with E-state index in [0.717, 1.165) is 4.47 Å². The van der Waals surface area contributed by atoms with E-state index in [2.05, 4.69) is 21.2 Å². The minimum absolute atomic E-state index is 0.266. The van der Waals surface area contributed by atoms with E-state index in [-0.39, 0.29) is 18.4 Å². The molecule has 1 aliphatic heterocycles. The van der Waals surface area contributed by atoms with Crippen LogP contribution in [0.1, 0.15) is 17.3 Å². The fraction of sp³-hybridized carbons (Fsp3) is 0.438. The number of carbonyl (C=O) groups is 3. The number of morpholine rings is 1. The summed E-state index contributed by atoms with van der Waals surface area (Å²) in [7, 11) is 0. The van der Waals surface area contributed by atoms with Crippen LogP contribution in [-0.4, -0.2) is 61.6 Å². The first-order chi connectivity index (χ1) is 11.5. The van der Waals surface area contributed by atoms with Crippen LogP contribution in [0.2, 0.25) is 0 Å². The average molecular weight is 399 g/mol. The molecule has 1 fully saturated rings. The van der Waals surface area contributed by atoms with Crippen LogP contribution >= 0.6 is 15.9 Å². The van der Waals surface area contributed by atoms with Crippen LogP contribution in [0.3, 0.4) is 0 Å². The molecule has 7 nitrogen and oxygen atoms in total. The second kappa shape index (κ2) is 8.79. The van der Waals surface area contributed by atoms with Gasteiger partial charge in [-0.2, -0.15) is 0 Å². The van der Waals surface area contributed by atoms with Gasteiger partial charge in [-0.1, -0.05) is 15.9 Å². The van der Waals surface area contributed by atoms with Gasteiger partial charge in [-0.05, 0) is 31.2 Å². The largest absolute Gasteiger partial charge is 0.454 e. The number of halogens is 1. The summed E-state index contributed by atoms with van der Waals surface area (Å²) in [5.41, 5.74) is 0.433. The van der Waals surface area contributed by atoms with Crippen molar-refractivity contribution in [2.75, 3.05) is 32.9 Å². The Morgan fingerprint density at radius 2 is 1.88 bits per heavy atom. The van der Waals surface area contributed by atoms with Crippen molar-refractivity contribution in [3.63, 3.8) is 0 Å². The molecule has 1 heterocycles. The van der Waals surface area contributed by atoms with Gasteiger partial charge in [0.05, 0.1) is 13.2 Å². The molecule has 0 radical (unpaired) electrons. The third-order valence-corrected chi connectivity index (χ3v) is 4.04. The second-order valence-corrected chi connectivity index (χ2v) is 6.22. The molecule has 1 aliphatic rings. The van der Waals surface area contributed by atoms with Crippen molar-refractivity contribution >= 4 is 33.7 Å². The van der Waals surface area contributed by atoms with E-state index in [9.17, 15) is 14.4 Å². The lowest BCUT2D eigenvalue weighted by atomic mass is 10.2. The number of hydrogen-bond acceptors (Lipinski definition) is 5. The minimum Gasteiger partial charge on any atom is -0.454 e. The van der Waals surface area contributed by atoms with Crippen molar-refractivity contribution in [3.05, 3.63) is 34.3 Å². The Labute approximate surface area is 148 Å². The third kappa shape index (κ3) is 5.31. The van der Waals surface area contributed by atoms with Crippen molar-refractivity contribution < 1.29 is 23.9 Å². The minimum atomic E-state index is -0.848. The Bertz CT molecular complexity index is 599. The molecule has 0 bridgehead atoms. The Hall–Kier alpha value is -1.93. The zero-order chi connectivity index (χ0) is 17.5. The van der Waals surface area contributed by atoms with Crippen LogP contribution in [0.25, 0.3) is 0 Å². The molecule has 0 spiro atoms. The van der Waals surface area contributed by atoms with E-state index >= 15 is 0 Å². The smallest absolute Gasteiger partial charge is 0.328 e. The number of nitrogens with zero attached hydrogens (tertiary/aromatic N) is 1. The summed E-state index contributed by atoms with van der Waals surface area (Å²) in [6, 6.07) is 5.90. The van der Waals surface area contributed by atoms with E-state index < -0.39 is 12.0 Å². The highest BCUT2D eigenvalue weighted by Crippen LogP contribution is 2.10. The molecular formula is C16H19BrN2O5. The summed E-state index contributed by atoms with van der Waals surface area (Å²) in [5, 5.41) is 2.54. The SMILES string of the molecule is C[C@H](NC(=O)c1ccc(Br)cc1)C(=O)OCC(=O)N1CCOCC1. The summed E-state index contributed by atoms with van der Waals surface area (Å²) < 4.78 is 11.0. The first-order valence-electron chi connectivity index (χ1n) is 7.56. The summed E-state index contributed by atoms with van der Waals surface area (Å²) in [5.74, 6) is -1.30. The third-order valence-electron chi connectivity index (χ3n) is 3.51. The number of ether oxygens (including phenoxy) is 2. The number of rotatable bonds is 5. The van der Waals surface area contributed by atoms with Gasteiger partial charge in [-0.15, -0.1) is 0 Å². The number of esters is 1. The van der Waals surface area contributed by atoms with Crippen LogP contribution in [0.15, 0.2) is 28.7 Å². The molecule has 8 heteroatoms. The molecule has 0 unspecified atom stereocenters. The molecule has 0 aromatic heterocycles. The van der Waals surface area contributed by atoms with Gasteiger partial charge in [0, 0.05) is 23.1 Å². The van der Waals surface area contributed by atoms with Gasteiger partial charge >= 0.3 is 5.97 Å². The first-order valence-corrected chi connectivity index (χ1v) is 8.35. The van der Waals surface area contributed by atoms with Crippen molar-refractivity contribution in [1.29, 1.82) is 0 Å². The molecular weight excluding hydrogens is 380 g/mol. The standard InChI is InChI=1S/C16H19BrN2O5/c1-11(18-15(21)12-2-4-13(17)5-3-12)16(22)24-10-14(20)19-6-8-23-9-7-19/h2-5,11H,6-10H2,1H3,(H,18,21)/t11-/m0/s1. The number of hydrogen-bond donors (Lipinski definition) is 1. The summed E-state index contributed by atoms with van der Waals surface area (Å²) in [4.78, 5) is 37.4. The molecule has 24 heavy (non-hydrogen) atoms. The predicted octanol–water partition coefficient (Wildman–Crippen LogP) is 0.969. The van der Waals surface area contributed by atoms with Crippen LogP contribution in [0.5, 0.6) is 0 Å². The van der Waals surface area contributed by atoms with Gasteiger partial charge in [-0.3, -0.25) is 9.59 Å². The van der Waals surface area contributed by atoms with Gasteiger partial charge in [0.15, 0.2) is 6.61 Å². The van der Waals surface area contributed by atoms with Crippen molar-refractivity contribution in [2.45, 2.75) is 13.0 Å². The maximum atomic E-state index is 12.0. The van der Waals surface area contributed by atoms with Crippen LogP contribution in [0, 0.1) is 0 Å². The molecule has 1 aromatic carbocycles. The lowest BCUT2D eigenvalue weighted by molar-refractivity contribution is -0.154. The van der Waals surface area contributed by atoms with Gasteiger partial charge in [0.25, 0.3) is 11.8 Å². The van der Waals surface area contributed by atoms with Crippen molar-refractivity contribution in [1.82, 2.24) is 10.2 Å². The number of carbonyl (C=O) groups excluding carboxylic acids is 3. The molecule has 1 atom stereocenters. The van der Waals surface area contributed by atoms with E-state index in [1.165, 1.54) is 6.92 Å². The van der Waals surface area contributed by atoms with Crippen LogP contribution in [0.4, 0.5) is 0 Å². The highest BCUT2D eigenvalue weighted by molar-refractivity contribution is 9.10. The quantitative estimate of drug-likeness (QED) is 0.746. The van der Waals surface area contributed by atoms with E-state index in [0.29, 0.717) is 31.9 Å². The number of benzene rings is 1. The summed E-state index contributed by atoms with van der Waals surface area (Å²) in [6.07, 6.45) is 0. The van der Waals surface area contributed by atoms with Gasteiger partial charge < -0.3 is 19.7 Å². The van der Waals surface area contributed by atoms with E-state index in [1.807, 2.05) is 0 Å². The number of nitrogens with one attached hydrogen (secondary N) is 1. The topological polar surface area (TPSA) is 84.9 Å². The average Bonchev–Trinajstić information content (AvgIpc) is 2.60. The maximum absolute atomic E-state index is 12.0. The van der Waals surface area contributed by atoms with E-state index in [1.54, 1.807) is 29.2 Å². The fourth-order valence-corrected chi connectivity index (χ4v) is 2.37. The highest BCUT2D eigenvalue weighted by atomic mass is 79.9. The molecule has 2 amide bonds. The monoisotopic (exact) mass is 398 g/mol. The normalized spacial score (nSPS) is 15.5. The fourth-order valence-electron chi connectivity index (χ4n) is 2.10. The molecule has 1 aromatic rings. The number of amides is 2. The first kappa shape index (κ1) is 18.4. The molecule has 1 N–H and O–H groups in total. The second-order valence-electron chi connectivity index (χ2n) is 5.30. The zero-order valence-corrected chi connectivity index (χ0v) is 14.9. The highest BCUT2D eigenvalue weighted by Gasteiger charge is 2.22. The Morgan fingerprint density at radius 3 is 2.50 bits per heavy atom. The van der Waals surface area contributed by atoms with Gasteiger partial charge in [-0.25, -0.2) is 4.79 Å². The Balaban J connectivity index is 1.78. The van der Waals surface area contributed by atoms with Gasteiger partial charge in [0.2, 0.25) is 0 Å². The molecule has 2 rings (SSSR count). The van der Waals surface area contributed by atoms with Crippen molar-refractivity contribution in [3.8, 4) is 0 Å². The molecule has 0 saturated carbocycles. The van der Waals surface area contributed by atoms with Gasteiger partial charge in [0.1, 0.15) is 6.04 Å². The van der Waals surface area contributed by atoms with Crippen molar-refractivity contribution in [2.24, 2.45) is 0 Å². The summed E-state index contributed by atoms with van der Waals surface area (Å²) >= 11 is 3.29. The zero-order valence-electron chi connectivity index (χ0n) is 13.3. The van der Waals surface area contributed by atoms with Crippen LogP contribution in [-0.2, 0) is 19.1 Å². The van der Waals surface area contributed by atoms with E-state index in [4.69, 9.17) is 9.47 Å². The Kier molecular flexibility index (Phi) is 6.74. The maximum Gasteiger partial charge on any atom is 0.328 e. The lowest BCUT2D eigenvalue weighted by Crippen LogP contribution is -2.44. The summed E-state index contributed by atoms with van der Waals surface area (Å²) in [6.45, 7) is 3.13. The molecule has 0 aliphatic carbocycles. The molecule has 1 saturated heterocycles. The predicted molar refractivity (Wildman–Crippen MR) is 89.4 cm³/mol.